The summed E-state index contributed by atoms with van der Waals surface area (Å²) in [5.41, 5.74) is 1.59. The van der Waals surface area contributed by atoms with E-state index in [-0.39, 0.29) is 24.8 Å². The number of likely N-dealkylation sites (tertiary alicyclic amines) is 1. The highest BCUT2D eigenvalue weighted by Crippen LogP contribution is 2.34. The zero-order valence-corrected chi connectivity index (χ0v) is 21.4. The fraction of sp³-hybridized carbons (Fsp3) is 0.680. The molecule has 9 nitrogen and oxygen atoms in total. The monoisotopic (exact) mass is 507 g/mol. The standard InChI is InChI=1S/C25H35F2N5O4/c1-16-19(7-6-18(28-16)17-5-8-21(33)29-22(17)34)30-11-13-31(14-12-30)20-9-10-32(15-25(20,26)27)23(35)36-24(2,3)4/h6-7,17,20H,5,8-15H2,1-4H3,(H,29,33,34)/t17?,20-/m0/s1. The van der Waals surface area contributed by atoms with E-state index >= 15 is 8.78 Å². The molecule has 198 valence electrons. The van der Waals surface area contributed by atoms with Gasteiger partial charge in [-0.15, -0.1) is 0 Å². The van der Waals surface area contributed by atoms with Crippen LogP contribution in [0.3, 0.4) is 0 Å². The van der Waals surface area contributed by atoms with E-state index in [0.717, 1.165) is 16.3 Å². The van der Waals surface area contributed by atoms with Crippen LogP contribution < -0.4 is 10.2 Å². The topological polar surface area (TPSA) is 95.1 Å². The van der Waals surface area contributed by atoms with Crippen LogP contribution in [0.15, 0.2) is 12.1 Å². The number of carbonyl (C=O) groups is 3. The Morgan fingerprint density at radius 2 is 1.81 bits per heavy atom. The first-order chi connectivity index (χ1) is 16.8. The summed E-state index contributed by atoms with van der Waals surface area (Å²) in [4.78, 5) is 45.6. The Kier molecular flexibility index (Phi) is 7.23. The number of pyridine rings is 1. The maximum atomic E-state index is 15.1. The number of alkyl halides is 2. The molecule has 36 heavy (non-hydrogen) atoms. The first-order valence-electron chi connectivity index (χ1n) is 12.5. The second-order valence-corrected chi connectivity index (χ2v) is 10.8. The van der Waals surface area contributed by atoms with Gasteiger partial charge in [0, 0.05) is 39.1 Å². The van der Waals surface area contributed by atoms with Gasteiger partial charge in [0.05, 0.1) is 35.6 Å². The van der Waals surface area contributed by atoms with Gasteiger partial charge < -0.3 is 14.5 Å². The summed E-state index contributed by atoms with van der Waals surface area (Å²) in [7, 11) is 0. The molecule has 11 heteroatoms. The van der Waals surface area contributed by atoms with E-state index in [9.17, 15) is 14.4 Å². The molecular formula is C25H35F2N5O4. The van der Waals surface area contributed by atoms with Crippen molar-refractivity contribution in [1.82, 2.24) is 20.1 Å². The van der Waals surface area contributed by atoms with E-state index in [0.29, 0.717) is 44.7 Å². The Hall–Kier alpha value is -2.82. The minimum Gasteiger partial charge on any atom is -0.444 e. The molecule has 0 radical (unpaired) electrons. The lowest BCUT2D eigenvalue weighted by Crippen LogP contribution is -2.62. The number of piperazine rings is 1. The molecule has 1 aromatic heterocycles. The van der Waals surface area contributed by atoms with Crippen molar-refractivity contribution >= 4 is 23.6 Å². The van der Waals surface area contributed by atoms with E-state index < -0.39 is 36.1 Å². The summed E-state index contributed by atoms with van der Waals surface area (Å²) in [5, 5.41) is 2.36. The van der Waals surface area contributed by atoms with Gasteiger partial charge in [-0.3, -0.25) is 24.8 Å². The highest BCUT2D eigenvalue weighted by atomic mass is 19.3. The number of rotatable bonds is 3. The third kappa shape index (κ3) is 5.77. The summed E-state index contributed by atoms with van der Waals surface area (Å²) in [6, 6.07) is 2.81. The minimum absolute atomic E-state index is 0.188. The van der Waals surface area contributed by atoms with E-state index in [1.807, 2.05) is 24.0 Å². The van der Waals surface area contributed by atoms with Crippen molar-refractivity contribution in [1.29, 1.82) is 0 Å². The Labute approximate surface area is 210 Å². The lowest BCUT2D eigenvalue weighted by molar-refractivity contribution is -0.134. The number of piperidine rings is 2. The van der Waals surface area contributed by atoms with Crippen LogP contribution in [0.25, 0.3) is 0 Å². The largest absolute Gasteiger partial charge is 0.444 e. The van der Waals surface area contributed by atoms with Crippen molar-refractivity contribution in [3.8, 4) is 0 Å². The zero-order valence-electron chi connectivity index (χ0n) is 21.4. The predicted molar refractivity (Wildman–Crippen MR) is 129 cm³/mol. The third-order valence-electron chi connectivity index (χ3n) is 6.98. The fourth-order valence-corrected chi connectivity index (χ4v) is 5.21. The van der Waals surface area contributed by atoms with Crippen LogP contribution in [0.5, 0.6) is 0 Å². The number of anilines is 1. The number of amides is 3. The number of hydrogen-bond donors (Lipinski definition) is 1. The van der Waals surface area contributed by atoms with Crippen LogP contribution in [0.4, 0.5) is 19.3 Å². The van der Waals surface area contributed by atoms with Crippen molar-refractivity contribution in [2.75, 3.05) is 44.2 Å². The van der Waals surface area contributed by atoms with Crippen LogP contribution in [0.1, 0.15) is 57.3 Å². The molecule has 0 aromatic carbocycles. The number of aryl methyl sites for hydroxylation is 1. The molecule has 4 rings (SSSR count). The van der Waals surface area contributed by atoms with E-state index in [1.54, 1.807) is 20.8 Å². The quantitative estimate of drug-likeness (QED) is 0.629. The van der Waals surface area contributed by atoms with Gasteiger partial charge in [0.2, 0.25) is 11.8 Å². The van der Waals surface area contributed by atoms with Gasteiger partial charge in [0.1, 0.15) is 5.60 Å². The Balaban J connectivity index is 1.35. The van der Waals surface area contributed by atoms with Gasteiger partial charge in [-0.05, 0) is 52.7 Å². The Morgan fingerprint density at radius 1 is 1.11 bits per heavy atom. The van der Waals surface area contributed by atoms with Crippen molar-refractivity contribution in [3.63, 3.8) is 0 Å². The number of aromatic nitrogens is 1. The Bertz CT molecular complexity index is 1020. The van der Waals surface area contributed by atoms with E-state index in [4.69, 9.17) is 4.74 Å². The van der Waals surface area contributed by atoms with Gasteiger partial charge in [-0.2, -0.15) is 0 Å². The average Bonchev–Trinajstić information content (AvgIpc) is 2.77. The molecule has 3 amide bonds. The van der Waals surface area contributed by atoms with Crippen LogP contribution in [0.2, 0.25) is 0 Å². The second kappa shape index (κ2) is 9.91. The van der Waals surface area contributed by atoms with Gasteiger partial charge in [0.15, 0.2) is 0 Å². The summed E-state index contributed by atoms with van der Waals surface area (Å²) in [6.07, 6.45) is 0.223. The molecule has 3 fully saturated rings. The fourth-order valence-electron chi connectivity index (χ4n) is 5.21. The molecule has 2 atom stereocenters. The molecule has 3 aliphatic rings. The lowest BCUT2D eigenvalue weighted by atomic mass is 9.94. The Morgan fingerprint density at radius 3 is 2.39 bits per heavy atom. The van der Waals surface area contributed by atoms with Crippen LogP contribution in [0, 0.1) is 6.92 Å². The minimum atomic E-state index is -3.03. The highest BCUT2D eigenvalue weighted by Gasteiger charge is 2.49. The molecule has 0 aliphatic carbocycles. The number of halogens is 2. The van der Waals surface area contributed by atoms with Crippen LogP contribution in [-0.4, -0.2) is 89.5 Å². The number of nitrogens with zero attached hydrogens (tertiary/aromatic N) is 4. The SMILES string of the molecule is Cc1nc(C2CCC(=O)NC2=O)ccc1N1CCN([C@H]2CCN(C(=O)OC(C)(C)C)CC2(F)F)CC1. The van der Waals surface area contributed by atoms with Crippen molar-refractivity contribution in [2.45, 2.75) is 70.4 Å². The molecule has 3 aliphatic heterocycles. The number of ether oxygens (including phenoxy) is 1. The third-order valence-corrected chi connectivity index (χ3v) is 6.98. The van der Waals surface area contributed by atoms with Crippen molar-refractivity contribution < 1.29 is 27.9 Å². The van der Waals surface area contributed by atoms with Gasteiger partial charge in [-0.25, -0.2) is 13.6 Å². The molecule has 1 aromatic rings. The molecule has 0 saturated carbocycles. The first-order valence-corrected chi connectivity index (χ1v) is 12.5. The molecule has 3 saturated heterocycles. The second-order valence-electron chi connectivity index (χ2n) is 10.8. The molecule has 1 unspecified atom stereocenters. The lowest BCUT2D eigenvalue weighted by Gasteiger charge is -2.46. The molecule has 0 spiro atoms. The van der Waals surface area contributed by atoms with Crippen LogP contribution in [-0.2, 0) is 14.3 Å². The normalized spacial score (nSPS) is 25.5. The number of hydrogen-bond acceptors (Lipinski definition) is 7. The van der Waals surface area contributed by atoms with Gasteiger partial charge in [-0.1, -0.05) is 0 Å². The van der Waals surface area contributed by atoms with Crippen molar-refractivity contribution in [3.05, 3.63) is 23.5 Å². The summed E-state index contributed by atoms with van der Waals surface area (Å²) >= 11 is 0. The van der Waals surface area contributed by atoms with E-state index in [1.165, 1.54) is 0 Å². The number of imide groups is 1. The molecule has 0 bridgehead atoms. The van der Waals surface area contributed by atoms with Crippen LogP contribution >= 0.6 is 0 Å². The summed E-state index contributed by atoms with van der Waals surface area (Å²) in [5.74, 6) is -4.05. The molecular weight excluding hydrogens is 472 g/mol. The summed E-state index contributed by atoms with van der Waals surface area (Å²) in [6.45, 7) is 8.71. The smallest absolute Gasteiger partial charge is 0.410 e. The number of nitrogens with one attached hydrogen (secondary N) is 1. The summed E-state index contributed by atoms with van der Waals surface area (Å²) < 4.78 is 35.5. The first kappa shape index (κ1) is 26.2. The maximum absolute atomic E-state index is 15.1. The highest BCUT2D eigenvalue weighted by molar-refractivity contribution is 6.00. The molecule has 4 heterocycles. The number of carbonyl (C=O) groups excluding carboxylic acids is 3. The van der Waals surface area contributed by atoms with Gasteiger partial charge >= 0.3 is 6.09 Å². The van der Waals surface area contributed by atoms with E-state index in [2.05, 4.69) is 15.2 Å². The van der Waals surface area contributed by atoms with Crippen molar-refractivity contribution in [2.24, 2.45) is 0 Å². The zero-order chi connectivity index (χ0) is 26.3. The van der Waals surface area contributed by atoms with Gasteiger partial charge in [0.25, 0.3) is 5.92 Å². The maximum Gasteiger partial charge on any atom is 0.410 e. The average molecular weight is 508 g/mol. The predicted octanol–water partition coefficient (Wildman–Crippen LogP) is 2.68. The molecule has 1 N–H and O–H groups in total.